The highest BCUT2D eigenvalue weighted by Crippen LogP contribution is 2.26. The lowest BCUT2D eigenvalue weighted by atomic mass is 9.94. The van der Waals surface area contributed by atoms with Crippen LogP contribution in [0.3, 0.4) is 0 Å². The Kier molecular flexibility index (Phi) is 4.43. The second-order valence-electron chi connectivity index (χ2n) is 5.13. The van der Waals surface area contributed by atoms with Crippen molar-refractivity contribution in [2.75, 3.05) is 31.6 Å². The zero-order valence-electron chi connectivity index (χ0n) is 11.1. The minimum atomic E-state index is 0.857. The molecule has 0 radical (unpaired) electrons. The molecule has 1 aromatic rings. The van der Waals surface area contributed by atoms with Gasteiger partial charge in [-0.15, -0.1) is 0 Å². The van der Waals surface area contributed by atoms with E-state index in [4.69, 9.17) is 0 Å². The number of nitrogens with one attached hydrogen (secondary N) is 1. The summed E-state index contributed by atoms with van der Waals surface area (Å²) in [5.41, 5.74) is 2.84. The van der Waals surface area contributed by atoms with Gasteiger partial charge in [-0.1, -0.05) is 18.2 Å². The Balaban J connectivity index is 1.99. The number of anilines is 1. The van der Waals surface area contributed by atoms with Gasteiger partial charge in [0.25, 0.3) is 0 Å². The molecule has 1 heterocycles. The summed E-state index contributed by atoms with van der Waals surface area (Å²) in [6.45, 7) is 5.81. The molecule has 1 aliphatic rings. The van der Waals surface area contributed by atoms with E-state index in [-0.39, 0.29) is 0 Å². The van der Waals surface area contributed by atoms with Gasteiger partial charge in [0.2, 0.25) is 0 Å². The van der Waals surface area contributed by atoms with Gasteiger partial charge in [0.1, 0.15) is 0 Å². The van der Waals surface area contributed by atoms with Crippen LogP contribution in [0.25, 0.3) is 0 Å². The van der Waals surface area contributed by atoms with E-state index in [1.807, 2.05) is 7.05 Å². The molecule has 2 heteroatoms. The van der Waals surface area contributed by atoms with Gasteiger partial charge in [-0.05, 0) is 57.3 Å². The molecule has 17 heavy (non-hydrogen) atoms. The fraction of sp³-hybridized carbons (Fsp3) is 0.600. The van der Waals surface area contributed by atoms with Crippen LogP contribution in [0.5, 0.6) is 0 Å². The molecule has 1 atom stereocenters. The first kappa shape index (κ1) is 12.4. The zero-order valence-corrected chi connectivity index (χ0v) is 11.1. The van der Waals surface area contributed by atoms with E-state index in [0.29, 0.717) is 0 Å². The molecule has 1 fully saturated rings. The molecule has 94 valence electrons. The van der Waals surface area contributed by atoms with E-state index >= 15 is 0 Å². The van der Waals surface area contributed by atoms with Gasteiger partial charge in [0.15, 0.2) is 0 Å². The second kappa shape index (κ2) is 6.06. The van der Waals surface area contributed by atoms with Crippen LogP contribution in [0.15, 0.2) is 24.3 Å². The van der Waals surface area contributed by atoms with Crippen LogP contribution in [-0.4, -0.2) is 26.7 Å². The largest absolute Gasteiger partial charge is 0.371 e. The summed E-state index contributed by atoms with van der Waals surface area (Å²) in [6, 6.07) is 8.75. The van der Waals surface area contributed by atoms with Crippen molar-refractivity contribution >= 4 is 5.69 Å². The van der Waals surface area contributed by atoms with Gasteiger partial charge < -0.3 is 10.2 Å². The number of piperidine rings is 1. The third kappa shape index (κ3) is 3.22. The Morgan fingerprint density at radius 1 is 1.35 bits per heavy atom. The number of aryl methyl sites for hydroxylation is 1. The van der Waals surface area contributed by atoms with Gasteiger partial charge in [-0.3, -0.25) is 0 Å². The first-order valence-electron chi connectivity index (χ1n) is 6.76. The first-order valence-corrected chi connectivity index (χ1v) is 6.76. The molecule has 2 nitrogen and oxygen atoms in total. The number of rotatable bonds is 4. The van der Waals surface area contributed by atoms with Crippen LogP contribution in [0.1, 0.15) is 24.8 Å². The average molecular weight is 232 g/mol. The smallest absolute Gasteiger partial charge is 0.0395 e. The van der Waals surface area contributed by atoms with Crippen molar-refractivity contribution in [3.8, 4) is 0 Å². The maximum atomic E-state index is 3.26. The molecule has 1 unspecified atom stereocenters. The zero-order chi connectivity index (χ0) is 12.1. The van der Waals surface area contributed by atoms with Crippen LogP contribution >= 0.6 is 0 Å². The molecule has 0 aromatic heterocycles. The van der Waals surface area contributed by atoms with E-state index in [1.54, 1.807) is 0 Å². The molecular formula is C15H24N2. The molecule has 0 aliphatic carbocycles. The maximum Gasteiger partial charge on any atom is 0.0395 e. The predicted octanol–water partition coefficient (Wildman–Crippen LogP) is 2.82. The summed E-state index contributed by atoms with van der Waals surface area (Å²) in [6.07, 6.45) is 4.03. The minimum Gasteiger partial charge on any atom is -0.371 e. The maximum absolute atomic E-state index is 3.26. The Hall–Kier alpha value is -1.02. The number of nitrogens with zero attached hydrogens (tertiary/aromatic N) is 1. The highest BCUT2D eigenvalue weighted by atomic mass is 15.1. The molecule has 1 aromatic carbocycles. The van der Waals surface area contributed by atoms with Crippen molar-refractivity contribution < 1.29 is 0 Å². The number of hydrogen-bond donors (Lipinski definition) is 1. The molecule has 1 saturated heterocycles. The summed E-state index contributed by atoms with van der Waals surface area (Å²) < 4.78 is 0. The van der Waals surface area contributed by atoms with Gasteiger partial charge in [-0.2, -0.15) is 0 Å². The Morgan fingerprint density at radius 3 is 2.94 bits per heavy atom. The lowest BCUT2D eigenvalue weighted by Gasteiger charge is -2.35. The average Bonchev–Trinajstić information content (AvgIpc) is 2.37. The summed E-state index contributed by atoms with van der Waals surface area (Å²) in [4.78, 5) is 2.57. The molecule has 1 aliphatic heterocycles. The van der Waals surface area contributed by atoms with E-state index in [0.717, 1.165) is 12.5 Å². The molecule has 0 bridgehead atoms. The van der Waals surface area contributed by atoms with Crippen molar-refractivity contribution in [3.63, 3.8) is 0 Å². The Labute approximate surface area is 105 Å². The lowest BCUT2D eigenvalue weighted by molar-refractivity contribution is 0.387. The first-order chi connectivity index (χ1) is 8.31. The minimum absolute atomic E-state index is 0.857. The fourth-order valence-electron chi connectivity index (χ4n) is 2.79. The van der Waals surface area contributed by atoms with E-state index in [9.17, 15) is 0 Å². The molecule has 0 amide bonds. The van der Waals surface area contributed by atoms with Crippen molar-refractivity contribution in [1.82, 2.24) is 5.32 Å². The molecular weight excluding hydrogens is 208 g/mol. The molecule has 2 rings (SSSR count). The predicted molar refractivity (Wildman–Crippen MR) is 74.7 cm³/mol. The summed E-state index contributed by atoms with van der Waals surface area (Å²) in [5, 5.41) is 3.26. The fourth-order valence-corrected chi connectivity index (χ4v) is 2.79. The van der Waals surface area contributed by atoms with Crippen LogP contribution < -0.4 is 10.2 Å². The monoisotopic (exact) mass is 232 g/mol. The van der Waals surface area contributed by atoms with Crippen LogP contribution in [0.2, 0.25) is 0 Å². The van der Waals surface area contributed by atoms with Crippen LogP contribution in [0.4, 0.5) is 5.69 Å². The van der Waals surface area contributed by atoms with Crippen LogP contribution in [0, 0.1) is 12.8 Å². The standard InChI is InChI=1S/C15H24N2/c1-13-6-3-4-8-15(13)17-11-5-7-14(12-17)9-10-16-2/h3-4,6,8,14,16H,5,7,9-12H2,1-2H3. The third-order valence-electron chi connectivity index (χ3n) is 3.78. The quantitative estimate of drug-likeness (QED) is 0.858. The molecule has 0 saturated carbocycles. The molecule has 1 N–H and O–H groups in total. The Bertz CT molecular complexity index is 349. The summed E-state index contributed by atoms with van der Waals surface area (Å²) in [7, 11) is 2.04. The highest BCUT2D eigenvalue weighted by molar-refractivity contribution is 5.53. The topological polar surface area (TPSA) is 15.3 Å². The number of hydrogen-bond acceptors (Lipinski definition) is 2. The van der Waals surface area contributed by atoms with Crippen molar-refractivity contribution in [3.05, 3.63) is 29.8 Å². The van der Waals surface area contributed by atoms with Crippen molar-refractivity contribution in [2.45, 2.75) is 26.2 Å². The van der Waals surface area contributed by atoms with Crippen molar-refractivity contribution in [2.24, 2.45) is 5.92 Å². The van der Waals surface area contributed by atoms with Gasteiger partial charge >= 0.3 is 0 Å². The van der Waals surface area contributed by atoms with Gasteiger partial charge in [0, 0.05) is 18.8 Å². The normalized spacial score (nSPS) is 20.6. The SMILES string of the molecule is CNCCC1CCCN(c2ccccc2C)C1. The Morgan fingerprint density at radius 2 is 2.18 bits per heavy atom. The van der Waals surface area contributed by atoms with Gasteiger partial charge in [-0.25, -0.2) is 0 Å². The van der Waals surface area contributed by atoms with Crippen molar-refractivity contribution in [1.29, 1.82) is 0 Å². The molecule has 0 spiro atoms. The van der Waals surface area contributed by atoms with E-state index in [2.05, 4.69) is 41.4 Å². The third-order valence-corrected chi connectivity index (χ3v) is 3.78. The number of benzene rings is 1. The second-order valence-corrected chi connectivity index (χ2v) is 5.13. The summed E-state index contributed by atoms with van der Waals surface area (Å²) >= 11 is 0. The van der Waals surface area contributed by atoms with Crippen LogP contribution in [-0.2, 0) is 0 Å². The van der Waals surface area contributed by atoms with E-state index < -0.39 is 0 Å². The number of para-hydroxylation sites is 1. The van der Waals surface area contributed by atoms with Gasteiger partial charge in [0.05, 0.1) is 0 Å². The van der Waals surface area contributed by atoms with E-state index in [1.165, 1.54) is 43.6 Å². The summed E-state index contributed by atoms with van der Waals surface area (Å²) in [5.74, 6) is 0.857. The lowest BCUT2D eigenvalue weighted by Crippen LogP contribution is -2.36. The highest BCUT2D eigenvalue weighted by Gasteiger charge is 2.20.